The maximum Gasteiger partial charge on any atom is 0.387 e. The molecule has 2 bridgehead atoms. The monoisotopic (exact) mass is 789 g/mol. The number of nitrogens with one attached hydrogen (secondary N) is 1. The molecule has 0 radical (unpaired) electrons. The summed E-state index contributed by atoms with van der Waals surface area (Å²) < 4.78 is 49.4. The van der Waals surface area contributed by atoms with Gasteiger partial charge in [0.2, 0.25) is 0 Å². The summed E-state index contributed by atoms with van der Waals surface area (Å²) in [5, 5.41) is 15.4. The predicted octanol–water partition coefficient (Wildman–Crippen LogP) is 7.69. The van der Waals surface area contributed by atoms with Crippen LogP contribution in [0.4, 0.5) is 8.78 Å². The summed E-state index contributed by atoms with van der Waals surface area (Å²) in [5.41, 5.74) is 1.49. The fraction of sp³-hybridized carbons (Fsp3) is 0.395. The predicted molar refractivity (Wildman–Crippen MR) is 196 cm³/mol. The van der Waals surface area contributed by atoms with Crippen molar-refractivity contribution in [1.82, 2.24) is 10.2 Å². The van der Waals surface area contributed by atoms with Crippen LogP contribution >= 0.6 is 34.5 Å². The number of nitrogens with zero attached hydrogens (tertiary/aromatic N) is 2. The maximum atomic E-state index is 13.7. The van der Waals surface area contributed by atoms with Crippen LogP contribution in [0, 0.1) is 11.1 Å². The van der Waals surface area contributed by atoms with Gasteiger partial charge >= 0.3 is 18.6 Å². The van der Waals surface area contributed by atoms with Crippen molar-refractivity contribution in [2.75, 3.05) is 19.6 Å². The Kier molecular flexibility index (Phi) is 12.7. The second-order valence-corrected chi connectivity index (χ2v) is 15.2. The molecule has 1 unspecified atom stereocenters. The Balaban J connectivity index is 1.20. The number of fused-ring (bicyclic) bond motifs is 3. The summed E-state index contributed by atoms with van der Waals surface area (Å²) in [6.07, 6.45) is 2.67. The van der Waals surface area contributed by atoms with Crippen molar-refractivity contribution in [1.29, 1.82) is 0 Å². The summed E-state index contributed by atoms with van der Waals surface area (Å²) in [6, 6.07) is 16.3. The minimum absolute atomic E-state index is 0.0194. The standard InChI is InChI=1S/C38H39Cl2F2N3O7S/c1-22(2)49-32-16-25(8-10-30(32)52-38(41)42)31(17-27-28(39)19-45(48)20-29(27)40)50-36(46)34-11-9-26(53-34)18-43-35(24-6-4-3-5-7-24)37(47)51-33-21-44-14-12-23(33)13-15-44/h3-11,16,19-20,22-23,31,33,35,38,43H,12-15,17-18,21H2,1-2H3/t31-,33-,35?/m0/s1. The Hall–Kier alpha value is -4.01. The molecule has 0 saturated carbocycles. The van der Waals surface area contributed by atoms with E-state index >= 15 is 0 Å². The summed E-state index contributed by atoms with van der Waals surface area (Å²) >= 11 is 14.0. The van der Waals surface area contributed by atoms with Crippen molar-refractivity contribution in [2.45, 2.75) is 70.6 Å². The normalized spacial score (nSPS) is 19.2. The van der Waals surface area contributed by atoms with Gasteiger partial charge in [-0.15, -0.1) is 11.3 Å². The van der Waals surface area contributed by atoms with Gasteiger partial charge in [0.15, 0.2) is 23.9 Å². The van der Waals surface area contributed by atoms with Gasteiger partial charge in [0.25, 0.3) is 0 Å². The van der Waals surface area contributed by atoms with Crippen molar-refractivity contribution < 1.29 is 42.0 Å². The van der Waals surface area contributed by atoms with Crippen LogP contribution in [0.25, 0.3) is 0 Å². The molecular formula is C38H39Cl2F2N3O7S. The van der Waals surface area contributed by atoms with E-state index in [-0.39, 0.29) is 51.5 Å². The number of aromatic nitrogens is 1. The number of ether oxygens (including phenoxy) is 4. The number of halogens is 4. The number of rotatable bonds is 15. The van der Waals surface area contributed by atoms with Gasteiger partial charge in [-0.2, -0.15) is 13.5 Å². The Labute approximate surface area is 320 Å². The topological polar surface area (TPSA) is 113 Å². The van der Waals surface area contributed by atoms with E-state index in [0.717, 1.165) is 55.3 Å². The zero-order valence-corrected chi connectivity index (χ0v) is 31.3. The molecule has 0 spiro atoms. The minimum atomic E-state index is -3.09. The van der Waals surface area contributed by atoms with Gasteiger partial charge in [-0.3, -0.25) is 10.2 Å². The summed E-state index contributed by atoms with van der Waals surface area (Å²) in [5.74, 6) is -0.826. The Bertz CT molecular complexity index is 1870. The first-order valence-electron chi connectivity index (χ1n) is 17.3. The molecule has 282 valence electrons. The van der Waals surface area contributed by atoms with Crippen LogP contribution in [0.5, 0.6) is 11.5 Å². The highest BCUT2D eigenvalue weighted by Gasteiger charge is 2.38. The maximum absolute atomic E-state index is 13.7. The van der Waals surface area contributed by atoms with E-state index in [1.807, 2.05) is 30.3 Å². The van der Waals surface area contributed by atoms with Crippen LogP contribution in [0.3, 0.4) is 0 Å². The molecule has 3 atom stereocenters. The fourth-order valence-corrected chi connectivity index (χ4v) is 8.06. The quantitative estimate of drug-likeness (QED) is 0.0736. The molecule has 53 heavy (non-hydrogen) atoms. The number of thiophene rings is 1. The van der Waals surface area contributed by atoms with E-state index in [2.05, 4.69) is 15.0 Å². The molecule has 1 N–H and O–H groups in total. The van der Waals surface area contributed by atoms with Crippen molar-refractivity contribution in [3.8, 4) is 11.5 Å². The highest BCUT2D eigenvalue weighted by atomic mass is 35.5. The van der Waals surface area contributed by atoms with Crippen molar-refractivity contribution >= 4 is 46.5 Å². The van der Waals surface area contributed by atoms with Crippen molar-refractivity contribution in [3.63, 3.8) is 0 Å². The van der Waals surface area contributed by atoms with Crippen LogP contribution in [-0.4, -0.2) is 55.3 Å². The van der Waals surface area contributed by atoms with E-state index in [4.69, 9.17) is 37.4 Å². The van der Waals surface area contributed by atoms with E-state index in [1.165, 1.54) is 29.5 Å². The lowest BCUT2D eigenvalue weighted by Crippen LogP contribution is -2.52. The molecule has 0 amide bonds. The lowest BCUT2D eigenvalue weighted by molar-refractivity contribution is -0.605. The SMILES string of the molecule is CC(C)Oc1cc([C@H](Cc2c(Cl)c[n+]([O-])cc2Cl)OC(=O)c2ccc(CNC(C(=O)O[C@H]3CN4CCC3CC4)c3ccccc3)s2)ccc1OC(F)F. The third kappa shape index (κ3) is 9.95. The zero-order valence-electron chi connectivity index (χ0n) is 29.0. The highest BCUT2D eigenvalue weighted by Crippen LogP contribution is 2.37. The summed E-state index contributed by atoms with van der Waals surface area (Å²) in [6.45, 7) is 3.45. The smallest absolute Gasteiger partial charge is 0.387 e. The number of carbonyl (C=O) groups is 2. The molecule has 5 heterocycles. The molecule has 2 aromatic carbocycles. The Morgan fingerprint density at radius 3 is 2.34 bits per heavy atom. The van der Waals surface area contributed by atoms with Crippen molar-refractivity contribution in [2.24, 2.45) is 5.92 Å². The second kappa shape index (κ2) is 17.4. The molecule has 10 nitrogen and oxygen atoms in total. The molecule has 3 fully saturated rings. The molecule has 4 aromatic rings. The third-order valence-corrected chi connectivity index (χ3v) is 10.9. The first kappa shape index (κ1) is 38.7. The summed E-state index contributed by atoms with van der Waals surface area (Å²) in [4.78, 5) is 30.7. The Morgan fingerprint density at radius 2 is 1.70 bits per heavy atom. The lowest BCUT2D eigenvalue weighted by atomic mass is 9.86. The van der Waals surface area contributed by atoms with Crippen LogP contribution in [0.15, 0.2) is 73.1 Å². The number of alkyl halides is 2. The lowest BCUT2D eigenvalue weighted by Gasteiger charge is -2.44. The van der Waals surface area contributed by atoms with E-state index in [1.54, 1.807) is 26.0 Å². The van der Waals surface area contributed by atoms with E-state index in [9.17, 15) is 23.6 Å². The van der Waals surface area contributed by atoms with E-state index in [0.29, 0.717) is 21.8 Å². The summed E-state index contributed by atoms with van der Waals surface area (Å²) in [7, 11) is 0. The van der Waals surface area contributed by atoms with Gasteiger partial charge < -0.3 is 24.2 Å². The third-order valence-electron chi connectivity index (χ3n) is 9.19. The minimum Gasteiger partial charge on any atom is -0.619 e. The highest BCUT2D eigenvalue weighted by molar-refractivity contribution is 7.13. The van der Waals surface area contributed by atoms with Crippen LogP contribution in [0.2, 0.25) is 10.0 Å². The van der Waals surface area contributed by atoms with Gasteiger partial charge in [-0.25, -0.2) is 9.59 Å². The second-order valence-electron chi connectivity index (χ2n) is 13.2. The molecule has 3 aliphatic heterocycles. The van der Waals surface area contributed by atoms with Crippen LogP contribution < -0.4 is 19.5 Å². The number of esters is 2. The fourth-order valence-electron chi connectivity index (χ4n) is 6.62. The first-order chi connectivity index (χ1) is 25.4. The molecule has 0 aliphatic carbocycles. The van der Waals surface area contributed by atoms with Gasteiger partial charge in [0.1, 0.15) is 33.2 Å². The van der Waals surface area contributed by atoms with Gasteiger partial charge in [-0.05, 0) is 81.1 Å². The Morgan fingerprint density at radius 1 is 0.981 bits per heavy atom. The molecule has 2 aromatic heterocycles. The number of benzene rings is 2. The van der Waals surface area contributed by atoms with Gasteiger partial charge in [0, 0.05) is 30.0 Å². The number of pyridine rings is 1. The number of hydrogen-bond acceptors (Lipinski definition) is 10. The number of hydrogen-bond donors (Lipinski definition) is 1. The average molecular weight is 791 g/mol. The van der Waals surface area contributed by atoms with Crippen LogP contribution in [-0.2, 0) is 27.2 Å². The number of piperidine rings is 3. The first-order valence-corrected chi connectivity index (χ1v) is 18.8. The largest absolute Gasteiger partial charge is 0.619 e. The average Bonchev–Trinajstić information content (AvgIpc) is 3.60. The van der Waals surface area contributed by atoms with Gasteiger partial charge in [-0.1, -0.05) is 59.6 Å². The molecule has 3 aliphatic rings. The zero-order chi connectivity index (χ0) is 37.6. The van der Waals surface area contributed by atoms with E-state index < -0.39 is 30.8 Å². The molecule has 3 saturated heterocycles. The van der Waals surface area contributed by atoms with Gasteiger partial charge in [0.05, 0.1) is 6.10 Å². The molecule has 7 rings (SSSR count). The molecular weight excluding hydrogens is 751 g/mol. The van der Waals surface area contributed by atoms with Crippen LogP contribution in [0.1, 0.15) is 70.1 Å². The molecule has 15 heteroatoms. The number of carbonyl (C=O) groups excluding carboxylic acids is 2. The van der Waals surface area contributed by atoms with Crippen molar-refractivity contribution in [3.05, 3.63) is 115 Å².